The molecule has 0 bridgehead atoms. The molecule has 1 aromatic heterocycles. The van der Waals surface area contributed by atoms with Crippen LogP contribution in [0.1, 0.15) is 12.5 Å². The molecule has 0 spiro atoms. The number of esters is 1. The van der Waals surface area contributed by atoms with E-state index in [0.29, 0.717) is 5.56 Å². The van der Waals surface area contributed by atoms with Gasteiger partial charge in [0.15, 0.2) is 23.9 Å². The summed E-state index contributed by atoms with van der Waals surface area (Å²) in [5.74, 6) is -2.64. The smallest absolute Gasteiger partial charge is 0.402 e. The van der Waals surface area contributed by atoms with Crippen molar-refractivity contribution in [3.05, 3.63) is 66.2 Å². The fourth-order valence-electron chi connectivity index (χ4n) is 7.57. The molecule has 0 aliphatic carbocycles. The van der Waals surface area contributed by atoms with Gasteiger partial charge in [0.2, 0.25) is 24.1 Å². The number of aliphatic hydroxyl groups excluding tert-OH is 9. The molecule has 3 fully saturated rings. The van der Waals surface area contributed by atoms with Crippen molar-refractivity contribution in [3.8, 4) is 51.6 Å². The number of aliphatic hydroxyl groups is 9. The van der Waals surface area contributed by atoms with Crippen molar-refractivity contribution in [1.82, 2.24) is 0 Å². The summed E-state index contributed by atoms with van der Waals surface area (Å²) < 4.78 is 57.1. The van der Waals surface area contributed by atoms with E-state index in [-0.39, 0.29) is 56.8 Å². The molecule has 0 unspecified atom stereocenters. The Balaban J connectivity index is 1.14. The van der Waals surface area contributed by atoms with Crippen LogP contribution in [0.25, 0.3) is 28.4 Å². The highest BCUT2D eigenvalue weighted by atomic mass is 16.7. The predicted molar refractivity (Wildman–Crippen MR) is 224 cm³/mol. The van der Waals surface area contributed by atoms with Gasteiger partial charge in [-0.1, -0.05) is 12.1 Å². The van der Waals surface area contributed by atoms with Crippen molar-refractivity contribution in [2.45, 2.75) is 99.0 Å². The monoisotopic (exact) mass is 947 g/mol. The molecule has 3 aliphatic heterocycles. The Morgan fingerprint density at radius 3 is 1.85 bits per heavy atom. The largest absolute Gasteiger partial charge is 0.508 e. The van der Waals surface area contributed by atoms with Crippen LogP contribution in [0.4, 0.5) is 0 Å². The summed E-state index contributed by atoms with van der Waals surface area (Å²) in [6.07, 6.45) is -22.8. The third kappa shape index (κ3) is 10.4. The summed E-state index contributed by atoms with van der Waals surface area (Å²) >= 11 is 0. The first-order valence-corrected chi connectivity index (χ1v) is 20.7. The molecule has 23 nitrogen and oxygen atoms in total. The van der Waals surface area contributed by atoms with Gasteiger partial charge in [-0.2, -0.15) is 0 Å². The molecule has 0 saturated carbocycles. The minimum Gasteiger partial charge on any atom is -0.508 e. The highest BCUT2D eigenvalue weighted by Crippen LogP contribution is 2.46. The van der Waals surface area contributed by atoms with E-state index in [1.165, 1.54) is 63.6 Å². The molecule has 7 rings (SSSR count). The van der Waals surface area contributed by atoms with Gasteiger partial charge in [-0.05, 0) is 30.7 Å². The Morgan fingerprint density at radius 1 is 0.657 bits per heavy atom. The fraction of sp³-hybridized carbons (Fsp3) is 0.455. The first kappa shape index (κ1) is 49.3. The summed E-state index contributed by atoms with van der Waals surface area (Å²) in [5, 5.41) is 127. The van der Waals surface area contributed by atoms with E-state index < -0.39 is 117 Å². The van der Waals surface area contributed by atoms with Crippen molar-refractivity contribution >= 4 is 23.0 Å². The van der Waals surface area contributed by atoms with E-state index in [1.807, 2.05) is 0 Å². The highest BCUT2D eigenvalue weighted by molar-refractivity contribution is 5.89. The molecule has 0 radical (unpaired) electrons. The number of aromatic hydroxyl groups is 3. The maximum absolute atomic E-state index is 12.6. The average Bonchev–Trinajstić information content (AvgIpc) is 3.31. The topological polar surface area (TPSA) is 354 Å². The summed E-state index contributed by atoms with van der Waals surface area (Å²) in [6.45, 7) is 0.00727. The van der Waals surface area contributed by atoms with E-state index in [0.717, 1.165) is 12.1 Å². The van der Waals surface area contributed by atoms with Gasteiger partial charge in [-0.3, -0.25) is 0 Å². The van der Waals surface area contributed by atoms with Crippen molar-refractivity contribution in [3.63, 3.8) is 0 Å². The number of ether oxygens (including phenoxy) is 9. The standard InChI is InChI=1S/C44H50O23/c1-17-40(67-30(48)9-6-18-4-7-20(46)8-5-18)36(54)39(57)42(61-17)60-16-29-33(51)35(53)38(56)44(66-29)64-27-14-22-23(62-41(27)19-10-25(58-2)31(49)26(11-19)59-3)12-21(47)13-24(22)63-43-37(55)34(52)32(50)28(15-45)65-43/h4-14,17,28-29,32-40,42-45,50-57H,15-16H2,1-3H3,(H2-,46,47,48,49)/p+1/t17-,28-,29+,32-,33-,34-,35+,36-,37+,38-,39-,40-,42+,43+,44+/m0/s1. The summed E-state index contributed by atoms with van der Waals surface area (Å²) in [7, 11) is 2.53. The Morgan fingerprint density at radius 2 is 1.24 bits per heavy atom. The molecule has 364 valence electrons. The second kappa shape index (κ2) is 20.7. The second-order valence-corrected chi connectivity index (χ2v) is 15.8. The summed E-state index contributed by atoms with van der Waals surface area (Å²) in [5.41, 5.74) is 0.544. The Labute approximate surface area is 379 Å². The van der Waals surface area contributed by atoms with Crippen LogP contribution >= 0.6 is 0 Å². The van der Waals surface area contributed by atoms with Gasteiger partial charge < -0.3 is 104 Å². The van der Waals surface area contributed by atoms with E-state index in [9.17, 15) is 66.1 Å². The van der Waals surface area contributed by atoms with Crippen molar-refractivity contribution < 1.29 is 113 Å². The number of rotatable bonds is 14. The van der Waals surface area contributed by atoms with Gasteiger partial charge in [0.05, 0.1) is 45.2 Å². The molecule has 0 amide bonds. The number of hydrogen-bond donors (Lipinski definition) is 12. The van der Waals surface area contributed by atoms with Gasteiger partial charge in [-0.25, -0.2) is 9.21 Å². The molecule has 4 heterocycles. The van der Waals surface area contributed by atoms with Crippen LogP contribution in [-0.2, 0) is 28.5 Å². The van der Waals surface area contributed by atoms with E-state index in [4.69, 9.17) is 47.0 Å². The SMILES string of the molecule is COc1cc(-c2[o+]c3cc(O)cc(O[C@@H]4O[C@@H](CO)[C@H](O)[C@H](O)[C@H]4O)c3cc2O[C@@H]2O[C@H](CO[C@@H]3O[C@@H](C)[C@H](OC(=O)C=Cc4ccc(O)cc4)[C@@H](O)[C@@H]3O)[C@H](O)[C@@H](O)[C@@H]2O)cc(OC)c1O. The minimum absolute atomic E-state index is 0.0227. The van der Waals surface area contributed by atoms with Crippen LogP contribution in [0, 0.1) is 0 Å². The van der Waals surface area contributed by atoms with Gasteiger partial charge in [-0.15, -0.1) is 0 Å². The van der Waals surface area contributed by atoms with E-state index >= 15 is 0 Å². The fourth-order valence-corrected chi connectivity index (χ4v) is 7.57. The number of hydrogen-bond acceptors (Lipinski definition) is 22. The molecule has 3 aliphatic rings. The predicted octanol–water partition coefficient (Wildman–Crippen LogP) is -1.01. The first-order chi connectivity index (χ1) is 31.9. The molecule has 3 aromatic carbocycles. The van der Waals surface area contributed by atoms with Crippen LogP contribution in [0.15, 0.2) is 65.1 Å². The molecule has 67 heavy (non-hydrogen) atoms. The number of phenolic OH excluding ortho intramolecular Hbond substituents is 3. The lowest BCUT2D eigenvalue weighted by molar-refractivity contribution is -0.319. The Hall–Kier alpha value is -5.64. The van der Waals surface area contributed by atoms with Crippen molar-refractivity contribution in [2.75, 3.05) is 27.4 Å². The number of carbonyl (C=O) groups is 1. The van der Waals surface area contributed by atoms with Crippen LogP contribution in [0.2, 0.25) is 0 Å². The van der Waals surface area contributed by atoms with Gasteiger partial charge >= 0.3 is 17.3 Å². The minimum atomic E-state index is -1.99. The molecule has 23 heteroatoms. The number of carbonyl (C=O) groups excluding carboxylic acids is 1. The molecule has 12 N–H and O–H groups in total. The van der Waals surface area contributed by atoms with Crippen LogP contribution < -0.4 is 18.9 Å². The lowest BCUT2D eigenvalue weighted by Crippen LogP contribution is -2.62. The zero-order valence-electron chi connectivity index (χ0n) is 35.8. The number of benzene rings is 3. The van der Waals surface area contributed by atoms with Gasteiger partial charge in [0.25, 0.3) is 0 Å². The summed E-state index contributed by atoms with van der Waals surface area (Å²) in [6, 6.07) is 12.1. The Kier molecular flexibility index (Phi) is 15.2. The lowest BCUT2D eigenvalue weighted by Gasteiger charge is -2.42. The average molecular weight is 948 g/mol. The maximum atomic E-state index is 12.6. The number of methoxy groups -OCH3 is 2. The normalized spacial score (nSPS) is 32.2. The van der Waals surface area contributed by atoms with E-state index in [1.54, 1.807) is 12.1 Å². The van der Waals surface area contributed by atoms with Crippen molar-refractivity contribution in [2.24, 2.45) is 0 Å². The number of fused-ring (bicyclic) bond motifs is 1. The zero-order chi connectivity index (χ0) is 48.4. The molecule has 15 atom stereocenters. The Bertz CT molecular complexity index is 2350. The van der Waals surface area contributed by atoms with Crippen LogP contribution in [0.5, 0.6) is 40.2 Å². The third-order valence-corrected chi connectivity index (χ3v) is 11.3. The van der Waals surface area contributed by atoms with E-state index in [2.05, 4.69) is 0 Å². The first-order valence-electron chi connectivity index (χ1n) is 20.7. The van der Waals surface area contributed by atoms with Gasteiger partial charge in [0, 0.05) is 30.3 Å². The van der Waals surface area contributed by atoms with Gasteiger partial charge in [0.1, 0.15) is 83.7 Å². The lowest BCUT2D eigenvalue weighted by atomic mass is 9.98. The van der Waals surface area contributed by atoms with Crippen molar-refractivity contribution in [1.29, 1.82) is 0 Å². The second-order valence-electron chi connectivity index (χ2n) is 15.8. The molecule has 3 saturated heterocycles. The molecular weight excluding hydrogens is 896 g/mol. The zero-order valence-corrected chi connectivity index (χ0v) is 35.8. The highest BCUT2D eigenvalue weighted by Gasteiger charge is 2.50. The molecule has 4 aromatic rings. The quantitative estimate of drug-likeness (QED) is 0.0409. The number of phenols is 3. The van der Waals surface area contributed by atoms with Crippen LogP contribution in [0.3, 0.4) is 0 Å². The third-order valence-electron chi connectivity index (χ3n) is 11.3. The van der Waals surface area contributed by atoms with Crippen LogP contribution in [-0.4, -0.2) is 187 Å². The summed E-state index contributed by atoms with van der Waals surface area (Å²) in [4.78, 5) is 12.6. The molecular formula is C44H51O23+. The maximum Gasteiger partial charge on any atom is 0.402 e.